The first kappa shape index (κ1) is 15.3. The second kappa shape index (κ2) is 6.05. The SMILES string of the molecule is NC1=Nc2cc(-c3ccc4ncc(N5CCCCC5)nc4n3)ccc2C1. The van der Waals surface area contributed by atoms with Gasteiger partial charge >= 0.3 is 0 Å². The van der Waals surface area contributed by atoms with Crippen LogP contribution in [0.5, 0.6) is 0 Å². The summed E-state index contributed by atoms with van der Waals surface area (Å²) >= 11 is 0. The summed E-state index contributed by atoms with van der Waals surface area (Å²) in [6, 6.07) is 10.2. The van der Waals surface area contributed by atoms with Gasteiger partial charge in [-0.2, -0.15) is 0 Å². The van der Waals surface area contributed by atoms with Gasteiger partial charge in [-0.3, -0.25) is 0 Å². The van der Waals surface area contributed by atoms with Crippen LogP contribution in [0.1, 0.15) is 24.8 Å². The molecule has 2 aliphatic heterocycles. The molecule has 3 aromatic rings. The molecule has 0 atom stereocenters. The third-order valence-corrected chi connectivity index (χ3v) is 5.09. The molecule has 1 aromatic carbocycles. The van der Waals surface area contributed by atoms with Gasteiger partial charge in [0.1, 0.15) is 17.2 Å². The van der Waals surface area contributed by atoms with Gasteiger partial charge < -0.3 is 10.6 Å². The molecule has 6 nitrogen and oxygen atoms in total. The van der Waals surface area contributed by atoms with E-state index >= 15 is 0 Å². The van der Waals surface area contributed by atoms with Crippen LogP contribution in [-0.4, -0.2) is 33.9 Å². The van der Waals surface area contributed by atoms with E-state index in [0.29, 0.717) is 11.5 Å². The number of piperidine rings is 1. The van der Waals surface area contributed by atoms with Gasteiger partial charge in [-0.25, -0.2) is 19.9 Å². The number of pyridine rings is 1. The van der Waals surface area contributed by atoms with E-state index in [9.17, 15) is 0 Å². The molecule has 130 valence electrons. The third-order valence-electron chi connectivity index (χ3n) is 5.09. The molecule has 1 fully saturated rings. The highest BCUT2D eigenvalue weighted by Gasteiger charge is 2.15. The minimum Gasteiger partial charge on any atom is -0.387 e. The largest absolute Gasteiger partial charge is 0.387 e. The number of hydrogen-bond acceptors (Lipinski definition) is 6. The first-order valence-electron chi connectivity index (χ1n) is 9.11. The summed E-state index contributed by atoms with van der Waals surface area (Å²) in [5.41, 5.74) is 11.4. The zero-order valence-electron chi connectivity index (χ0n) is 14.5. The second-order valence-electron chi connectivity index (χ2n) is 6.94. The Bertz CT molecular complexity index is 1020. The van der Waals surface area contributed by atoms with Crippen molar-refractivity contribution in [2.45, 2.75) is 25.7 Å². The highest BCUT2D eigenvalue weighted by molar-refractivity contribution is 5.91. The molecule has 0 spiro atoms. The van der Waals surface area contributed by atoms with Crippen molar-refractivity contribution in [3.63, 3.8) is 0 Å². The molecule has 0 bridgehead atoms. The van der Waals surface area contributed by atoms with E-state index in [1.54, 1.807) is 0 Å². The Morgan fingerprint density at radius 1 is 0.962 bits per heavy atom. The Kier molecular flexibility index (Phi) is 3.55. The number of nitrogens with two attached hydrogens (primary N) is 1. The number of benzene rings is 1. The summed E-state index contributed by atoms with van der Waals surface area (Å²) in [4.78, 5) is 20.8. The van der Waals surface area contributed by atoms with Gasteiger partial charge in [0.15, 0.2) is 5.65 Å². The Labute approximate surface area is 151 Å². The smallest absolute Gasteiger partial charge is 0.180 e. The van der Waals surface area contributed by atoms with E-state index < -0.39 is 0 Å². The van der Waals surface area contributed by atoms with Crippen molar-refractivity contribution in [2.75, 3.05) is 18.0 Å². The number of amidine groups is 1. The van der Waals surface area contributed by atoms with Crippen LogP contribution in [0.4, 0.5) is 11.5 Å². The molecule has 0 radical (unpaired) electrons. The van der Waals surface area contributed by atoms with E-state index in [2.05, 4.69) is 27.0 Å². The summed E-state index contributed by atoms with van der Waals surface area (Å²) in [5.74, 6) is 1.59. The van der Waals surface area contributed by atoms with Crippen molar-refractivity contribution in [1.82, 2.24) is 15.0 Å². The molecule has 0 aliphatic carbocycles. The molecule has 5 rings (SSSR count). The molecule has 2 aromatic heterocycles. The van der Waals surface area contributed by atoms with Crippen molar-refractivity contribution in [3.8, 4) is 11.3 Å². The maximum Gasteiger partial charge on any atom is 0.180 e. The maximum absolute atomic E-state index is 5.85. The number of hydrogen-bond donors (Lipinski definition) is 1. The number of aromatic nitrogens is 3. The van der Waals surface area contributed by atoms with Gasteiger partial charge in [-0.05, 0) is 43.0 Å². The fraction of sp³-hybridized carbons (Fsp3) is 0.300. The third kappa shape index (κ3) is 2.67. The fourth-order valence-electron chi connectivity index (χ4n) is 3.69. The zero-order valence-corrected chi connectivity index (χ0v) is 14.5. The van der Waals surface area contributed by atoms with Crippen LogP contribution in [0.2, 0.25) is 0 Å². The quantitative estimate of drug-likeness (QED) is 0.772. The lowest BCUT2D eigenvalue weighted by Gasteiger charge is -2.27. The van der Waals surface area contributed by atoms with Gasteiger partial charge in [-0.15, -0.1) is 0 Å². The molecule has 0 saturated carbocycles. The second-order valence-corrected chi connectivity index (χ2v) is 6.94. The molecule has 26 heavy (non-hydrogen) atoms. The molecule has 6 heteroatoms. The number of fused-ring (bicyclic) bond motifs is 2. The van der Waals surface area contributed by atoms with Crippen LogP contribution in [0, 0.1) is 0 Å². The highest BCUT2D eigenvalue weighted by atomic mass is 15.2. The Morgan fingerprint density at radius 3 is 2.73 bits per heavy atom. The normalized spacial score (nSPS) is 16.6. The van der Waals surface area contributed by atoms with E-state index in [1.807, 2.05) is 24.4 Å². The summed E-state index contributed by atoms with van der Waals surface area (Å²) in [5, 5.41) is 0. The van der Waals surface area contributed by atoms with Crippen molar-refractivity contribution < 1.29 is 0 Å². The predicted octanol–water partition coefficient (Wildman–Crippen LogP) is 3.23. The molecular weight excluding hydrogens is 324 g/mol. The molecule has 4 heterocycles. The maximum atomic E-state index is 5.85. The monoisotopic (exact) mass is 344 g/mol. The van der Waals surface area contributed by atoms with Crippen molar-refractivity contribution in [2.24, 2.45) is 10.7 Å². The molecule has 2 N–H and O–H groups in total. The van der Waals surface area contributed by atoms with Gasteiger partial charge in [0.25, 0.3) is 0 Å². The zero-order chi connectivity index (χ0) is 17.5. The van der Waals surface area contributed by atoms with Crippen LogP contribution in [-0.2, 0) is 6.42 Å². The fourth-order valence-corrected chi connectivity index (χ4v) is 3.69. The van der Waals surface area contributed by atoms with Crippen molar-refractivity contribution >= 4 is 28.5 Å². The van der Waals surface area contributed by atoms with E-state index in [1.165, 1.54) is 24.8 Å². The minimum absolute atomic E-state index is 0.667. The molecule has 0 unspecified atom stereocenters. The van der Waals surface area contributed by atoms with Crippen molar-refractivity contribution in [1.29, 1.82) is 0 Å². The van der Waals surface area contributed by atoms with E-state index in [-0.39, 0.29) is 0 Å². The van der Waals surface area contributed by atoms with Crippen LogP contribution < -0.4 is 10.6 Å². The minimum atomic E-state index is 0.667. The summed E-state index contributed by atoms with van der Waals surface area (Å²) in [6.07, 6.45) is 6.32. The predicted molar refractivity (Wildman–Crippen MR) is 104 cm³/mol. The van der Waals surface area contributed by atoms with Crippen LogP contribution in [0.25, 0.3) is 22.4 Å². The Balaban J connectivity index is 1.53. The van der Waals surface area contributed by atoms with Gasteiger partial charge in [0.2, 0.25) is 0 Å². The Morgan fingerprint density at radius 2 is 1.85 bits per heavy atom. The van der Waals surface area contributed by atoms with Crippen LogP contribution >= 0.6 is 0 Å². The lowest BCUT2D eigenvalue weighted by molar-refractivity contribution is 0.573. The van der Waals surface area contributed by atoms with Gasteiger partial charge in [0.05, 0.1) is 17.6 Å². The lowest BCUT2D eigenvalue weighted by Crippen LogP contribution is -2.30. The average molecular weight is 344 g/mol. The van der Waals surface area contributed by atoms with Crippen LogP contribution in [0.3, 0.4) is 0 Å². The first-order valence-corrected chi connectivity index (χ1v) is 9.11. The number of anilines is 1. The standard InChI is InChI=1S/C20H20N6/c21-18-11-14-5-4-13(10-17(14)23-18)15-6-7-16-20(24-15)25-19(12-22-16)26-8-2-1-3-9-26/h4-7,10,12H,1-3,8-9,11H2,(H2,21,23). The summed E-state index contributed by atoms with van der Waals surface area (Å²) < 4.78 is 0. The number of nitrogens with zero attached hydrogens (tertiary/aromatic N) is 5. The van der Waals surface area contributed by atoms with E-state index in [4.69, 9.17) is 15.7 Å². The lowest BCUT2D eigenvalue weighted by atomic mass is 10.1. The van der Waals surface area contributed by atoms with Gasteiger partial charge in [-0.1, -0.05) is 12.1 Å². The number of aliphatic imine (C=N–C) groups is 1. The van der Waals surface area contributed by atoms with Crippen molar-refractivity contribution in [3.05, 3.63) is 42.1 Å². The summed E-state index contributed by atoms with van der Waals surface area (Å²) in [6.45, 7) is 2.09. The molecular formula is C20H20N6. The summed E-state index contributed by atoms with van der Waals surface area (Å²) in [7, 11) is 0. The first-order chi connectivity index (χ1) is 12.8. The highest BCUT2D eigenvalue weighted by Crippen LogP contribution is 2.31. The Hall–Kier alpha value is -3.02. The molecule has 2 aliphatic rings. The number of rotatable bonds is 2. The topological polar surface area (TPSA) is 80.3 Å². The molecule has 0 amide bonds. The van der Waals surface area contributed by atoms with Gasteiger partial charge in [0, 0.05) is 25.1 Å². The molecule has 1 saturated heterocycles. The van der Waals surface area contributed by atoms with Crippen LogP contribution in [0.15, 0.2) is 41.5 Å². The average Bonchev–Trinajstić information content (AvgIpc) is 3.07. The van der Waals surface area contributed by atoms with E-state index in [0.717, 1.165) is 47.8 Å².